The van der Waals surface area contributed by atoms with E-state index in [1.165, 1.54) is 0 Å². The summed E-state index contributed by atoms with van der Waals surface area (Å²) >= 11 is 1.57. The maximum absolute atomic E-state index is 12.1. The molecule has 0 aliphatic carbocycles. The van der Waals surface area contributed by atoms with Crippen LogP contribution in [0.2, 0.25) is 0 Å². The van der Waals surface area contributed by atoms with Crippen molar-refractivity contribution in [1.29, 1.82) is 0 Å². The maximum atomic E-state index is 12.1. The molecular weight excluding hydrogens is 404 g/mol. The summed E-state index contributed by atoms with van der Waals surface area (Å²) in [5.41, 5.74) is 3.15. The van der Waals surface area contributed by atoms with E-state index in [2.05, 4.69) is 10.6 Å². The van der Waals surface area contributed by atoms with Crippen molar-refractivity contribution in [1.82, 2.24) is 5.32 Å². The SMILES string of the molecule is CSc1ccc(C(=O)CCC(=O)OCC(=O)NC(=O)Nc2ccc(C)c(C)c2)cc1. The van der Waals surface area contributed by atoms with Crippen LogP contribution < -0.4 is 10.6 Å². The number of esters is 1. The van der Waals surface area contributed by atoms with Gasteiger partial charge in [-0.2, -0.15) is 0 Å². The number of carbonyl (C=O) groups excluding carboxylic acids is 4. The van der Waals surface area contributed by atoms with E-state index in [1.807, 2.05) is 38.3 Å². The number of hydrogen-bond donors (Lipinski definition) is 2. The topological polar surface area (TPSA) is 102 Å². The van der Waals surface area contributed by atoms with Crippen molar-refractivity contribution in [3.63, 3.8) is 0 Å². The number of anilines is 1. The van der Waals surface area contributed by atoms with Crippen molar-refractivity contribution in [3.05, 3.63) is 59.2 Å². The number of thioether (sulfide) groups is 1. The van der Waals surface area contributed by atoms with Gasteiger partial charge in [0.15, 0.2) is 12.4 Å². The fourth-order valence-electron chi connectivity index (χ4n) is 2.50. The van der Waals surface area contributed by atoms with E-state index in [4.69, 9.17) is 4.74 Å². The third-order valence-corrected chi connectivity index (χ3v) is 5.09. The molecule has 0 fully saturated rings. The fourth-order valence-corrected chi connectivity index (χ4v) is 2.91. The van der Waals surface area contributed by atoms with Crippen molar-refractivity contribution >= 4 is 41.1 Å². The Morgan fingerprint density at radius 2 is 1.63 bits per heavy atom. The Balaban J connectivity index is 1.70. The molecule has 2 N–H and O–H groups in total. The van der Waals surface area contributed by atoms with Crippen molar-refractivity contribution in [2.75, 3.05) is 18.2 Å². The summed E-state index contributed by atoms with van der Waals surface area (Å²) in [6.07, 6.45) is 1.77. The van der Waals surface area contributed by atoms with Crippen LogP contribution in [0.1, 0.15) is 34.3 Å². The number of hydrogen-bond acceptors (Lipinski definition) is 6. The number of imide groups is 1. The third-order valence-electron chi connectivity index (χ3n) is 4.35. The van der Waals surface area contributed by atoms with E-state index in [0.717, 1.165) is 16.0 Å². The van der Waals surface area contributed by atoms with E-state index in [1.54, 1.807) is 36.0 Å². The first-order chi connectivity index (χ1) is 14.3. The zero-order chi connectivity index (χ0) is 22.1. The first kappa shape index (κ1) is 23.2. The normalized spacial score (nSPS) is 10.2. The Labute approximate surface area is 179 Å². The van der Waals surface area contributed by atoms with Gasteiger partial charge in [0.2, 0.25) is 0 Å². The molecule has 3 amide bonds. The number of Topliss-reactive ketones (excluding diaryl/α,β-unsaturated/α-hetero) is 1. The summed E-state index contributed by atoms with van der Waals surface area (Å²) in [5, 5.41) is 4.62. The highest BCUT2D eigenvalue weighted by atomic mass is 32.2. The minimum Gasteiger partial charge on any atom is -0.456 e. The zero-order valence-electron chi connectivity index (χ0n) is 17.1. The molecule has 0 radical (unpaired) electrons. The van der Waals surface area contributed by atoms with E-state index >= 15 is 0 Å². The van der Waals surface area contributed by atoms with Crippen LogP contribution in [-0.2, 0) is 14.3 Å². The molecule has 2 rings (SSSR count). The summed E-state index contributed by atoms with van der Waals surface area (Å²) in [4.78, 5) is 48.5. The molecule has 7 nitrogen and oxygen atoms in total. The van der Waals surface area contributed by atoms with Crippen LogP contribution >= 0.6 is 11.8 Å². The van der Waals surface area contributed by atoms with Gasteiger partial charge in [0.05, 0.1) is 6.42 Å². The summed E-state index contributed by atoms with van der Waals surface area (Å²) in [5.74, 6) is -1.63. The molecule has 0 bridgehead atoms. The van der Waals surface area contributed by atoms with Gasteiger partial charge in [-0.1, -0.05) is 18.2 Å². The number of carbonyl (C=O) groups is 4. The van der Waals surface area contributed by atoms with Crippen molar-refractivity contribution in [2.45, 2.75) is 31.6 Å². The minimum absolute atomic E-state index is 0.0215. The van der Waals surface area contributed by atoms with Gasteiger partial charge in [0, 0.05) is 22.6 Å². The highest BCUT2D eigenvalue weighted by Crippen LogP contribution is 2.16. The van der Waals surface area contributed by atoms with Crippen LogP contribution in [-0.4, -0.2) is 36.6 Å². The average molecular weight is 429 g/mol. The van der Waals surface area contributed by atoms with E-state index in [0.29, 0.717) is 11.3 Å². The van der Waals surface area contributed by atoms with Crippen LogP contribution in [0, 0.1) is 13.8 Å². The lowest BCUT2D eigenvalue weighted by molar-refractivity contribution is -0.148. The summed E-state index contributed by atoms with van der Waals surface area (Å²) in [6.45, 7) is 3.26. The largest absolute Gasteiger partial charge is 0.456 e. The number of amides is 3. The summed E-state index contributed by atoms with van der Waals surface area (Å²) in [7, 11) is 0. The molecule has 2 aromatic carbocycles. The number of urea groups is 1. The Morgan fingerprint density at radius 3 is 2.27 bits per heavy atom. The monoisotopic (exact) mass is 428 g/mol. The molecule has 0 aromatic heterocycles. The highest BCUT2D eigenvalue weighted by Gasteiger charge is 2.14. The van der Waals surface area contributed by atoms with Crippen LogP contribution in [0.3, 0.4) is 0 Å². The van der Waals surface area contributed by atoms with Crippen molar-refractivity contribution < 1.29 is 23.9 Å². The predicted octanol–water partition coefficient (Wildman–Crippen LogP) is 3.88. The van der Waals surface area contributed by atoms with Gasteiger partial charge in [-0.05, 0) is 55.5 Å². The van der Waals surface area contributed by atoms with Gasteiger partial charge < -0.3 is 10.1 Å². The van der Waals surface area contributed by atoms with Gasteiger partial charge in [0.1, 0.15) is 0 Å². The summed E-state index contributed by atoms with van der Waals surface area (Å²) in [6, 6.07) is 11.7. The number of benzene rings is 2. The van der Waals surface area contributed by atoms with Crippen LogP contribution in [0.25, 0.3) is 0 Å². The Hall–Kier alpha value is -3.13. The molecule has 8 heteroatoms. The first-order valence-electron chi connectivity index (χ1n) is 9.29. The number of aryl methyl sites for hydroxylation is 2. The molecule has 158 valence electrons. The molecule has 0 unspecified atom stereocenters. The van der Waals surface area contributed by atoms with Crippen LogP contribution in [0.15, 0.2) is 47.4 Å². The first-order valence-corrected chi connectivity index (χ1v) is 10.5. The second kappa shape index (κ2) is 11.2. The molecule has 0 atom stereocenters. The lowest BCUT2D eigenvalue weighted by Gasteiger charge is -2.09. The van der Waals surface area contributed by atoms with E-state index < -0.39 is 24.5 Å². The lowest BCUT2D eigenvalue weighted by Crippen LogP contribution is -2.37. The molecule has 0 saturated heterocycles. The number of nitrogens with one attached hydrogen (secondary N) is 2. The lowest BCUT2D eigenvalue weighted by atomic mass is 10.1. The smallest absolute Gasteiger partial charge is 0.325 e. The van der Waals surface area contributed by atoms with Crippen molar-refractivity contribution in [2.24, 2.45) is 0 Å². The minimum atomic E-state index is -0.760. The molecule has 0 saturated carbocycles. The standard InChI is InChI=1S/C22H24N2O5S/c1-14-4-7-17(12-15(14)2)23-22(28)24-20(26)13-29-21(27)11-10-19(25)16-5-8-18(30-3)9-6-16/h4-9,12H,10-11,13H2,1-3H3,(H2,23,24,26,28). The molecule has 2 aromatic rings. The highest BCUT2D eigenvalue weighted by molar-refractivity contribution is 7.98. The molecular formula is C22H24N2O5S. The molecule has 0 aliphatic rings. The molecule has 0 spiro atoms. The van der Waals surface area contributed by atoms with Gasteiger partial charge >= 0.3 is 12.0 Å². The Morgan fingerprint density at radius 1 is 0.933 bits per heavy atom. The zero-order valence-corrected chi connectivity index (χ0v) is 17.9. The third kappa shape index (κ3) is 7.36. The number of ether oxygens (including phenoxy) is 1. The van der Waals surface area contributed by atoms with E-state index in [-0.39, 0.29) is 18.6 Å². The van der Waals surface area contributed by atoms with Gasteiger partial charge in [-0.25, -0.2) is 4.79 Å². The maximum Gasteiger partial charge on any atom is 0.325 e. The summed E-state index contributed by atoms with van der Waals surface area (Å²) < 4.78 is 4.83. The average Bonchev–Trinajstić information content (AvgIpc) is 2.73. The second-order valence-electron chi connectivity index (χ2n) is 6.61. The Bertz CT molecular complexity index is 941. The quantitative estimate of drug-likeness (QED) is 0.376. The Kier molecular flexibility index (Phi) is 8.61. The molecule has 0 aliphatic heterocycles. The van der Waals surface area contributed by atoms with Crippen LogP contribution in [0.5, 0.6) is 0 Å². The van der Waals surface area contributed by atoms with Gasteiger partial charge in [-0.3, -0.25) is 19.7 Å². The fraction of sp³-hybridized carbons (Fsp3) is 0.273. The van der Waals surface area contributed by atoms with Gasteiger partial charge in [0.25, 0.3) is 5.91 Å². The second-order valence-corrected chi connectivity index (χ2v) is 7.49. The van der Waals surface area contributed by atoms with Crippen LogP contribution in [0.4, 0.5) is 10.5 Å². The predicted molar refractivity (Wildman–Crippen MR) is 116 cm³/mol. The van der Waals surface area contributed by atoms with E-state index in [9.17, 15) is 19.2 Å². The number of ketones is 1. The van der Waals surface area contributed by atoms with Gasteiger partial charge in [-0.15, -0.1) is 11.8 Å². The van der Waals surface area contributed by atoms with Crippen molar-refractivity contribution in [3.8, 4) is 0 Å². The number of rotatable bonds is 8. The molecule has 0 heterocycles. The molecule has 30 heavy (non-hydrogen) atoms.